The normalized spacial score (nSPS) is 21.0. The van der Waals surface area contributed by atoms with E-state index in [1.807, 2.05) is 7.05 Å². The van der Waals surface area contributed by atoms with Crippen molar-refractivity contribution >= 4 is 0 Å². The van der Waals surface area contributed by atoms with Crippen LogP contribution in [-0.4, -0.2) is 58.1 Å². The van der Waals surface area contributed by atoms with Gasteiger partial charge in [0.2, 0.25) is 0 Å². The minimum absolute atomic E-state index is 0.205. The van der Waals surface area contributed by atoms with E-state index < -0.39 is 0 Å². The molecule has 0 aromatic carbocycles. The first-order valence-electron chi connectivity index (χ1n) is 5.37. The van der Waals surface area contributed by atoms with Gasteiger partial charge in [-0.3, -0.25) is 10.2 Å². The quantitative estimate of drug-likeness (QED) is 0.628. The summed E-state index contributed by atoms with van der Waals surface area (Å²) < 4.78 is 10.5. The molecule has 0 spiro atoms. The molecule has 4 heteroatoms. The fourth-order valence-corrected chi connectivity index (χ4v) is 1.71. The molecular weight excluding hydrogens is 180 g/mol. The monoisotopic (exact) mass is 202 g/mol. The molecule has 1 N–H and O–H groups in total. The minimum atomic E-state index is 0.205. The van der Waals surface area contributed by atoms with Gasteiger partial charge in [-0.1, -0.05) is 0 Å². The van der Waals surface area contributed by atoms with Gasteiger partial charge in [0.25, 0.3) is 0 Å². The molecular formula is C10H22N2O2. The fraction of sp³-hybridized carbons (Fsp3) is 1.00. The summed E-state index contributed by atoms with van der Waals surface area (Å²) in [6.07, 6.45) is 2.46. The molecule has 0 aromatic heterocycles. The highest BCUT2D eigenvalue weighted by atomic mass is 16.5. The average molecular weight is 202 g/mol. The number of hydrogen-bond acceptors (Lipinski definition) is 4. The van der Waals surface area contributed by atoms with Crippen molar-refractivity contribution in [3.05, 3.63) is 0 Å². The van der Waals surface area contributed by atoms with E-state index in [1.54, 1.807) is 7.11 Å². The average Bonchev–Trinajstić information content (AvgIpc) is 2.26. The maximum absolute atomic E-state index is 5.29. The molecule has 0 aromatic rings. The second-order valence-electron chi connectivity index (χ2n) is 3.61. The van der Waals surface area contributed by atoms with Gasteiger partial charge >= 0.3 is 0 Å². The standard InChI is InChI=1S/C10H22N2O2/c1-11-10(13-2)4-3-5-12-6-8-14-9-7-12/h10-11H,3-9H2,1-2H3. The van der Waals surface area contributed by atoms with E-state index in [1.165, 1.54) is 6.42 Å². The number of nitrogens with one attached hydrogen (secondary N) is 1. The van der Waals surface area contributed by atoms with Gasteiger partial charge in [0.1, 0.15) is 6.23 Å². The van der Waals surface area contributed by atoms with Crippen molar-refractivity contribution < 1.29 is 9.47 Å². The largest absolute Gasteiger partial charge is 0.379 e. The number of morpholine rings is 1. The van der Waals surface area contributed by atoms with Gasteiger partial charge < -0.3 is 9.47 Å². The smallest absolute Gasteiger partial charge is 0.107 e. The first-order valence-corrected chi connectivity index (χ1v) is 5.37. The van der Waals surface area contributed by atoms with Crippen LogP contribution in [0.3, 0.4) is 0 Å². The molecule has 1 heterocycles. The van der Waals surface area contributed by atoms with Crippen LogP contribution >= 0.6 is 0 Å². The van der Waals surface area contributed by atoms with Crippen molar-refractivity contribution in [2.45, 2.75) is 19.1 Å². The molecule has 84 valence electrons. The van der Waals surface area contributed by atoms with Crippen molar-refractivity contribution in [1.29, 1.82) is 0 Å². The summed E-state index contributed by atoms with van der Waals surface area (Å²) in [4.78, 5) is 2.45. The number of methoxy groups -OCH3 is 1. The summed E-state index contributed by atoms with van der Waals surface area (Å²) in [7, 11) is 3.68. The minimum Gasteiger partial charge on any atom is -0.379 e. The lowest BCUT2D eigenvalue weighted by Crippen LogP contribution is -2.37. The maximum Gasteiger partial charge on any atom is 0.107 e. The summed E-state index contributed by atoms with van der Waals surface area (Å²) >= 11 is 0. The number of rotatable bonds is 6. The highest BCUT2D eigenvalue weighted by molar-refractivity contribution is 4.63. The van der Waals surface area contributed by atoms with Crippen molar-refractivity contribution in [2.75, 3.05) is 47.0 Å². The molecule has 4 nitrogen and oxygen atoms in total. The van der Waals surface area contributed by atoms with Gasteiger partial charge in [0.15, 0.2) is 0 Å². The Bertz CT molecular complexity index is 134. The first-order chi connectivity index (χ1) is 6.86. The van der Waals surface area contributed by atoms with Gasteiger partial charge in [-0.25, -0.2) is 0 Å². The summed E-state index contributed by atoms with van der Waals surface area (Å²) in [5.41, 5.74) is 0. The predicted molar refractivity (Wildman–Crippen MR) is 56.3 cm³/mol. The number of nitrogens with zero attached hydrogens (tertiary/aromatic N) is 1. The Hall–Kier alpha value is -0.160. The van der Waals surface area contributed by atoms with Crippen LogP contribution in [-0.2, 0) is 9.47 Å². The molecule has 0 amide bonds. The van der Waals surface area contributed by atoms with E-state index in [-0.39, 0.29) is 6.23 Å². The fourth-order valence-electron chi connectivity index (χ4n) is 1.71. The van der Waals surface area contributed by atoms with Crippen molar-refractivity contribution in [2.24, 2.45) is 0 Å². The highest BCUT2D eigenvalue weighted by Gasteiger charge is 2.10. The van der Waals surface area contributed by atoms with Gasteiger partial charge in [0.05, 0.1) is 13.2 Å². The molecule has 0 radical (unpaired) electrons. The van der Waals surface area contributed by atoms with Crippen LogP contribution in [0.5, 0.6) is 0 Å². The molecule has 1 aliphatic rings. The molecule has 0 aliphatic carbocycles. The zero-order chi connectivity index (χ0) is 10.2. The Morgan fingerprint density at radius 1 is 1.43 bits per heavy atom. The summed E-state index contributed by atoms with van der Waals surface area (Å²) in [6, 6.07) is 0. The van der Waals surface area contributed by atoms with E-state index in [0.29, 0.717) is 0 Å². The maximum atomic E-state index is 5.29. The van der Waals surface area contributed by atoms with E-state index in [0.717, 1.165) is 39.3 Å². The Balaban J connectivity index is 2.01. The molecule has 14 heavy (non-hydrogen) atoms. The lowest BCUT2D eigenvalue weighted by molar-refractivity contribution is 0.0310. The van der Waals surface area contributed by atoms with Crippen molar-refractivity contribution in [1.82, 2.24) is 10.2 Å². The molecule has 1 atom stereocenters. The summed E-state index contributed by atoms with van der Waals surface area (Å²) in [5.74, 6) is 0. The second-order valence-corrected chi connectivity index (χ2v) is 3.61. The van der Waals surface area contributed by atoms with Crippen LogP contribution < -0.4 is 5.32 Å². The van der Waals surface area contributed by atoms with Crippen LogP contribution in [0.1, 0.15) is 12.8 Å². The van der Waals surface area contributed by atoms with Crippen LogP contribution in [0.2, 0.25) is 0 Å². The Kier molecular flexibility index (Phi) is 6.10. The SMILES string of the molecule is CNC(CCCN1CCOCC1)OC. The molecule has 1 saturated heterocycles. The van der Waals surface area contributed by atoms with E-state index >= 15 is 0 Å². The van der Waals surface area contributed by atoms with E-state index in [9.17, 15) is 0 Å². The Morgan fingerprint density at radius 3 is 2.71 bits per heavy atom. The molecule has 1 unspecified atom stereocenters. The lowest BCUT2D eigenvalue weighted by atomic mass is 10.2. The zero-order valence-corrected chi connectivity index (χ0v) is 9.29. The topological polar surface area (TPSA) is 33.7 Å². The van der Waals surface area contributed by atoms with E-state index in [4.69, 9.17) is 9.47 Å². The van der Waals surface area contributed by atoms with Gasteiger partial charge in [-0.05, 0) is 26.4 Å². The van der Waals surface area contributed by atoms with E-state index in [2.05, 4.69) is 10.2 Å². The summed E-state index contributed by atoms with van der Waals surface area (Å²) in [5, 5.41) is 3.12. The third-order valence-corrected chi connectivity index (χ3v) is 2.65. The van der Waals surface area contributed by atoms with Crippen LogP contribution in [0.25, 0.3) is 0 Å². The van der Waals surface area contributed by atoms with Crippen LogP contribution in [0.15, 0.2) is 0 Å². The second kappa shape index (κ2) is 7.17. The molecule has 1 rings (SSSR count). The highest BCUT2D eigenvalue weighted by Crippen LogP contribution is 2.02. The molecule has 1 aliphatic heterocycles. The van der Waals surface area contributed by atoms with Crippen LogP contribution in [0.4, 0.5) is 0 Å². The van der Waals surface area contributed by atoms with Gasteiger partial charge in [-0.15, -0.1) is 0 Å². The van der Waals surface area contributed by atoms with Crippen molar-refractivity contribution in [3.63, 3.8) is 0 Å². The number of hydrogen-bond donors (Lipinski definition) is 1. The lowest BCUT2D eigenvalue weighted by Gasteiger charge is -2.27. The third kappa shape index (κ3) is 4.37. The third-order valence-electron chi connectivity index (χ3n) is 2.65. The van der Waals surface area contributed by atoms with Gasteiger partial charge in [0, 0.05) is 20.2 Å². The van der Waals surface area contributed by atoms with Crippen LogP contribution in [0, 0.1) is 0 Å². The first kappa shape index (κ1) is 11.9. The molecule has 1 fully saturated rings. The van der Waals surface area contributed by atoms with Gasteiger partial charge in [-0.2, -0.15) is 0 Å². The predicted octanol–water partition coefficient (Wildman–Crippen LogP) is 0.291. The zero-order valence-electron chi connectivity index (χ0n) is 9.29. The van der Waals surface area contributed by atoms with Crippen molar-refractivity contribution in [3.8, 4) is 0 Å². The Morgan fingerprint density at radius 2 is 2.14 bits per heavy atom. The Labute approximate surface area is 86.6 Å². The molecule has 0 bridgehead atoms. The molecule has 0 saturated carbocycles. The number of ether oxygens (including phenoxy) is 2. The summed E-state index contributed by atoms with van der Waals surface area (Å²) in [6.45, 7) is 5.10.